The van der Waals surface area contributed by atoms with Crippen molar-refractivity contribution in [2.24, 2.45) is 17.8 Å². The molecule has 0 heterocycles. The van der Waals surface area contributed by atoms with Crippen LogP contribution in [0.3, 0.4) is 0 Å². The minimum Gasteiger partial charge on any atom is -0.497 e. The number of hydrogen-bond donors (Lipinski definition) is 0. The fraction of sp³-hybridized carbons (Fsp3) is 0.389. The zero-order chi connectivity index (χ0) is 14.7. The van der Waals surface area contributed by atoms with Gasteiger partial charge in [-0.1, -0.05) is 24.3 Å². The normalized spacial score (nSPS) is 26.4. The van der Waals surface area contributed by atoms with Crippen molar-refractivity contribution in [3.63, 3.8) is 0 Å². The van der Waals surface area contributed by atoms with E-state index >= 15 is 0 Å². The van der Waals surface area contributed by atoms with Crippen molar-refractivity contribution in [2.75, 3.05) is 13.7 Å². The highest BCUT2D eigenvalue weighted by atomic mass is 16.5. The number of allylic oxidation sites excluding steroid dienone is 2. The largest absolute Gasteiger partial charge is 0.497 e. The van der Waals surface area contributed by atoms with Gasteiger partial charge in [0.2, 0.25) is 0 Å². The third-order valence-electron chi connectivity index (χ3n) is 4.38. The molecular formula is C18H20O3. The topological polar surface area (TPSA) is 35.5 Å². The monoisotopic (exact) mass is 284 g/mol. The molecule has 3 heteroatoms. The molecule has 3 rings (SSSR count). The van der Waals surface area contributed by atoms with Crippen molar-refractivity contribution >= 4 is 12.0 Å². The number of carbonyl (C=O) groups excluding carboxylic acids is 1. The maximum absolute atomic E-state index is 11.8. The van der Waals surface area contributed by atoms with Crippen LogP contribution in [-0.2, 0) is 9.53 Å². The van der Waals surface area contributed by atoms with Crippen molar-refractivity contribution in [3.8, 4) is 5.75 Å². The van der Waals surface area contributed by atoms with E-state index in [1.807, 2.05) is 24.3 Å². The summed E-state index contributed by atoms with van der Waals surface area (Å²) in [5, 5.41) is 0. The summed E-state index contributed by atoms with van der Waals surface area (Å²) in [6, 6.07) is 7.55. The molecule has 1 saturated carbocycles. The minimum atomic E-state index is -0.266. The summed E-state index contributed by atoms with van der Waals surface area (Å²) in [7, 11) is 1.63. The number of rotatable bonds is 5. The molecule has 2 aliphatic rings. The first-order valence-electron chi connectivity index (χ1n) is 7.42. The molecule has 21 heavy (non-hydrogen) atoms. The molecule has 0 radical (unpaired) electrons. The Hall–Kier alpha value is -2.03. The second-order valence-electron chi connectivity index (χ2n) is 5.78. The number of ether oxygens (including phenoxy) is 2. The summed E-state index contributed by atoms with van der Waals surface area (Å²) in [5.74, 6) is 2.39. The van der Waals surface area contributed by atoms with Crippen LogP contribution in [-0.4, -0.2) is 19.7 Å². The van der Waals surface area contributed by atoms with Gasteiger partial charge in [0.15, 0.2) is 0 Å². The van der Waals surface area contributed by atoms with Crippen LogP contribution in [0.4, 0.5) is 0 Å². The van der Waals surface area contributed by atoms with Gasteiger partial charge in [0.25, 0.3) is 0 Å². The molecule has 1 aromatic carbocycles. The summed E-state index contributed by atoms with van der Waals surface area (Å²) in [4.78, 5) is 11.8. The summed E-state index contributed by atoms with van der Waals surface area (Å²) in [5.41, 5.74) is 0.954. The predicted molar refractivity (Wildman–Crippen MR) is 81.8 cm³/mol. The maximum Gasteiger partial charge on any atom is 0.330 e. The minimum absolute atomic E-state index is 0.266. The second kappa shape index (κ2) is 6.17. The van der Waals surface area contributed by atoms with E-state index in [0.29, 0.717) is 24.4 Å². The Kier molecular flexibility index (Phi) is 4.09. The molecule has 1 fully saturated rings. The van der Waals surface area contributed by atoms with Crippen LogP contribution in [0.1, 0.15) is 18.4 Å². The molecule has 0 N–H and O–H groups in total. The van der Waals surface area contributed by atoms with E-state index in [2.05, 4.69) is 12.2 Å². The molecule has 2 aliphatic carbocycles. The average molecular weight is 284 g/mol. The summed E-state index contributed by atoms with van der Waals surface area (Å²) in [6.07, 6.45) is 10.2. The van der Waals surface area contributed by atoms with E-state index in [1.54, 1.807) is 13.2 Å². The number of esters is 1. The van der Waals surface area contributed by atoms with Gasteiger partial charge in [-0.2, -0.15) is 0 Å². The number of methoxy groups -OCH3 is 1. The molecule has 3 nitrogen and oxygen atoms in total. The summed E-state index contributed by atoms with van der Waals surface area (Å²) < 4.78 is 10.5. The lowest BCUT2D eigenvalue weighted by atomic mass is 9.95. The average Bonchev–Trinajstić information content (AvgIpc) is 3.14. The molecule has 0 spiro atoms. The zero-order valence-corrected chi connectivity index (χ0v) is 12.2. The Morgan fingerprint density at radius 1 is 1.24 bits per heavy atom. The fourth-order valence-electron chi connectivity index (χ4n) is 3.20. The van der Waals surface area contributed by atoms with Gasteiger partial charge < -0.3 is 9.47 Å². The van der Waals surface area contributed by atoms with Gasteiger partial charge in [-0.05, 0) is 54.4 Å². The molecule has 0 aromatic heterocycles. The van der Waals surface area contributed by atoms with Crippen molar-refractivity contribution < 1.29 is 14.3 Å². The van der Waals surface area contributed by atoms with E-state index < -0.39 is 0 Å². The molecule has 3 unspecified atom stereocenters. The zero-order valence-electron chi connectivity index (χ0n) is 12.2. The summed E-state index contributed by atoms with van der Waals surface area (Å²) >= 11 is 0. The van der Waals surface area contributed by atoms with E-state index in [1.165, 1.54) is 12.5 Å². The van der Waals surface area contributed by atoms with Crippen LogP contribution in [0.25, 0.3) is 6.08 Å². The molecule has 0 aliphatic heterocycles. The lowest BCUT2D eigenvalue weighted by molar-refractivity contribution is -0.139. The van der Waals surface area contributed by atoms with E-state index in [-0.39, 0.29) is 5.97 Å². The standard InChI is InChI=1S/C18H20O3/c1-20-17-7-3-13(4-8-17)5-9-18(19)21-12-16-11-14-2-6-15(16)10-14/h2-9,14-16H,10-12H2,1H3. The highest BCUT2D eigenvalue weighted by Crippen LogP contribution is 2.43. The Labute approximate surface area is 125 Å². The highest BCUT2D eigenvalue weighted by Gasteiger charge is 2.35. The quantitative estimate of drug-likeness (QED) is 0.472. The first kappa shape index (κ1) is 13.9. The summed E-state index contributed by atoms with van der Waals surface area (Å²) in [6.45, 7) is 0.539. The number of carbonyl (C=O) groups is 1. The third-order valence-corrected chi connectivity index (χ3v) is 4.38. The van der Waals surface area contributed by atoms with E-state index in [0.717, 1.165) is 17.7 Å². The maximum atomic E-state index is 11.8. The third kappa shape index (κ3) is 3.35. The van der Waals surface area contributed by atoms with Gasteiger partial charge >= 0.3 is 5.97 Å². The molecule has 0 saturated heterocycles. The van der Waals surface area contributed by atoms with Crippen LogP contribution in [0.15, 0.2) is 42.5 Å². The van der Waals surface area contributed by atoms with Gasteiger partial charge in [0.1, 0.15) is 5.75 Å². The lowest BCUT2D eigenvalue weighted by Gasteiger charge is -2.17. The molecule has 1 aromatic rings. The number of benzene rings is 1. The van der Waals surface area contributed by atoms with Crippen molar-refractivity contribution in [1.29, 1.82) is 0 Å². The van der Waals surface area contributed by atoms with Gasteiger partial charge in [0, 0.05) is 6.08 Å². The second-order valence-corrected chi connectivity index (χ2v) is 5.78. The van der Waals surface area contributed by atoms with Crippen LogP contribution >= 0.6 is 0 Å². The molecule has 2 bridgehead atoms. The number of hydrogen-bond acceptors (Lipinski definition) is 3. The van der Waals surface area contributed by atoms with E-state index in [9.17, 15) is 4.79 Å². The van der Waals surface area contributed by atoms with Crippen LogP contribution in [0.5, 0.6) is 5.75 Å². The van der Waals surface area contributed by atoms with Crippen LogP contribution in [0, 0.1) is 17.8 Å². The van der Waals surface area contributed by atoms with Gasteiger partial charge in [-0.15, -0.1) is 0 Å². The van der Waals surface area contributed by atoms with Crippen molar-refractivity contribution in [2.45, 2.75) is 12.8 Å². The molecule has 3 atom stereocenters. The van der Waals surface area contributed by atoms with Crippen LogP contribution in [0.2, 0.25) is 0 Å². The highest BCUT2D eigenvalue weighted by molar-refractivity contribution is 5.87. The first-order valence-corrected chi connectivity index (χ1v) is 7.42. The smallest absolute Gasteiger partial charge is 0.330 e. The first-order chi connectivity index (χ1) is 10.2. The van der Waals surface area contributed by atoms with E-state index in [4.69, 9.17) is 9.47 Å². The Balaban J connectivity index is 1.47. The Morgan fingerprint density at radius 3 is 2.67 bits per heavy atom. The van der Waals surface area contributed by atoms with Gasteiger partial charge in [-0.3, -0.25) is 0 Å². The van der Waals surface area contributed by atoms with Gasteiger partial charge in [-0.25, -0.2) is 4.79 Å². The Morgan fingerprint density at radius 2 is 2.05 bits per heavy atom. The predicted octanol–water partition coefficient (Wildman–Crippen LogP) is 3.46. The number of fused-ring (bicyclic) bond motifs is 2. The molecule has 0 amide bonds. The van der Waals surface area contributed by atoms with Crippen LogP contribution < -0.4 is 4.74 Å². The molecular weight excluding hydrogens is 264 g/mol. The van der Waals surface area contributed by atoms with Gasteiger partial charge in [0.05, 0.1) is 13.7 Å². The van der Waals surface area contributed by atoms with Crippen molar-refractivity contribution in [3.05, 3.63) is 48.1 Å². The SMILES string of the molecule is COc1ccc(C=CC(=O)OCC2CC3C=CC2C3)cc1. The fourth-order valence-corrected chi connectivity index (χ4v) is 3.20. The van der Waals surface area contributed by atoms with Crippen molar-refractivity contribution in [1.82, 2.24) is 0 Å². The Bertz CT molecular complexity index is 556. The lowest BCUT2D eigenvalue weighted by Crippen LogP contribution is -2.16. The molecule has 110 valence electrons.